The summed E-state index contributed by atoms with van der Waals surface area (Å²) in [4.78, 5) is 11.3. The van der Waals surface area contributed by atoms with E-state index in [2.05, 4.69) is 4.74 Å². The number of hydrogen-bond acceptors (Lipinski definition) is 4. The van der Waals surface area contributed by atoms with Crippen LogP contribution in [0.15, 0.2) is 47.5 Å². The molecule has 2 aromatic rings. The lowest BCUT2D eigenvalue weighted by Crippen LogP contribution is -2.32. The Labute approximate surface area is 132 Å². The van der Waals surface area contributed by atoms with Crippen molar-refractivity contribution in [1.82, 2.24) is 3.97 Å². The minimum Gasteiger partial charge on any atom is -0.461 e. The summed E-state index contributed by atoms with van der Waals surface area (Å²) in [5, 5.41) is 0. The summed E-state index contributed by atoms with van der Waals surface area (Å²) in [7, 11) is -4.25. The first-order valence-electron chi connectivity index (χ1n) is 6.76. The largest absolute Gasteiger partial charge is 0.461 e. The molecule has 5 nitrogen and oxygen atoms in total. The van der Waals surface area contributed by atoms with Crippen LogP contribution in [0.1, 0.15) is 18.2 Å². The van der Waals surface area contributed by atoms with Crippen LogP contribution >= 0.6 is 0 Å². The van der Waals surface area contributed by atoms with Crippen LogP contribution in [0.2, 0.25) is 0 Å². The first kappa shape index (κ1) is 17.1. The zero-order chi connectivity index (χ0) is 17.3. The van der Waals surface area contributed by atoms with E-state index >= 15 is 0 Å². The second-order valence-corrected chi connectivity index (χ2v) is 6.62. The fraction of sp³-hybridized carbons (Fsp3) is 0.267. The zero-order valence-electron chi connectivity index (χ0n) is 12.5. The molecule has 1 heterocycles. The average molecular weight is 343 g/mol. The molecule has 8 heteroatoms. The molecule has 0 spiro atoms. The third kappa shape index (κ3) is 3.12. The SMILES string of the molecule is CCOC(=O)C(F)(F)c1cccn1S(=O)(=O)c1ccc(C)cc1. The van der Waals surface area contributed by atoms with E-state index in [0.29, 0.717) is 3.97 Å². The molecule has 0 aliphatic rings. The lowest BCUT2D eigenvalue weighted by atomic mass is 10.2. The number of aryl methyl sites for hydroxylation is 1. The number of alkyl halides is 2. The molecule has 124 valence electrons. The van der Waals surface area contributed by atoms with Crippen molar-refractivity contribution >= 4 is 16.0 Å². The Balaban J connectivity index is 2.52. The average Bonchev–Trinajstić information content (AvgIpc) is 2.99. The second-order valence-electron chi connectivity index (χ2n) is 4.80. The van der Waals surface area contributed by atoms with Gasteiger partial charge >= 0.3 is 11.9 Å². The number of nitrogens with zero attached hydrogens (tertiary/aromatic N) is 1. The Bertz CT molecular complexity index is 810. The minimum atomic E-state index is -4.25. The predicted molar refractivity (Wildman–Crippen MR) is 78.7 cm³/mol. The molecule has 0 amide bonds. The van der Waals surface area contributed by atoms with E-state index in [1.807, 2.05) is 0 Å². The number of hydrogen-bond donors (Lipinski definition) is 0. The van der Waals surface area contributed by atoms with Crippen LogP contribution in [0.25, 0.3) is 0 Å². The van der Waals surface area contributed by atoms with Crippen molar-refractivity contribution in [1.29, 1.82) is 0 Å². The highest BCUT2D eigenvalue weighted by Crippen LogP contribution is 2.32. The van der Waals surface area contributed by atoms with Gasteiger partial charge in [0, 0.05) is 6.20 Å². The molecule has 0 radical (unpaired) electrons. The van der Waals surface area contributed by atoms with Gasteiger partial charge in [-0.3, -0.25) is 0 Å². The number of esters is 1. The van der Waals surface area contributed by atoms with E-state index in [-0.39, 0.29) is 11.5 Å². The molecule has 0 aliphatic carbocycles. The maximum Gasteiger partial charge on any atom is 0.383 e. The molecule has 0 fully saturated rings. The number of rotatable bonds is 5. The molecule has 0 unspecified atom stereocenters. The first-order chi connectivity index (χ1) is 10.7. The number of benzene rings is 1. The highest BCUT2D eigenvalue weighted by molar-refractivity contribution is 7.90. The summed E-state index contributed by atoms with van der Waals surface area (Å²) in [5.74, 6) is -5.86. The van der Waals surface area contributed by atoms with Gasteiger partial charge in [0.25, 0.3) is 10.0 Å². The highest BCUT2D eigenvalue weighted by Gasteiger charge is 2.46. The molecule has 23 heavy (non-hydrogen) atoms. The molecule has 0 aliphatic heterocycles. The normalized spacial score (nSPS) is 12.2. The summed E-state index contributed by atoms with van der Waals surface area (Å²) in [6, 6.07) is 7.75. The number of carbonyl (C=O) groups is 1. The lowest BCUT2D eigenvalue weighted by Gasteiger charge is -2.17. The first-order valence-corrected chi connectivity index (χ1v) is 8.20. The Morgan fingerprint density at radius 1 is 1.22 bits per heavy atom. The van der Waals surface area contributed by atoms with Crippen LogP contribution in [0.4, 0.5) is 8.78 Å². The third-order valence-electron chi connectivity index (χ3n) is 3.14. The molecule has 0 N–H and O–H groups in total. The quantitative estimate of drug-likeness (QED) is 0.783. The summed E-state index contributed by atoms with van der Waals surface area (Å²) < 4.78 is 58.1. The van der Waals surface area contributed by atoms with Crippen molar-refractivity contribution in [2.45, 2.75) is 24.7 Å². The number of carbonyl (C=O) groups excluding carboxylic acids is 1. The summed E-state index contributed by atoms with van der Waals surface area (Å²) >= 11 is 0. The Morgan fingerprint density at radius 2 is 1.83 bits per heavy atom. The fourth-order valence-electron chi connectivity index (χ4n) is 1.97. The third-order valence-corrected chi connectivity index (χ3v) is 4.85. The van der Waals surface area contributed by atoms with E-state index in [4.69, 9.17) is 0 Å². The molecule has 0 bridgehead atoms. The highest BCUT2D eigenvalue weighted by atomic mass is 32.2. The maximum absolute atomic E-state index is 14.2. The van der Waals surface area contributed by atoms with Gasteiger partial charge in [-0.25, -0.2) is 17.2 Å². The number of aromatic nitrogens is 1. The Morgan fingerprint density at radius 3 is 2.39 bits per heavy atom. The molecule has 0 atom stereocenters. The fourth-order valence-corrected chi connectivity index (χ4v) is 3.34. The molecular formula is C15H15F2NO4S. The van der Waals surface area contributed by atoms with E-state index in [9.17, 15) is 22.0 Å². The van der Waals surface area contributed by atoms with Gasteiger partial charge in [-0.2, -0.15) is 8.78 Å². The van der Waals surface area contributed by atoms with Crippen molar-refractivity contribution in [2.24, 2.45) is 0 Å². The van der Waals surface area contributed by atoms with Gasteiger partial charge in [0.15, 0.2) is 0 Å². The standard InChI is InChI=1S/C15H15F2NO4S/c1-3-22-14(19)15(16,17)13-5-4-10-18(13)23(20,21)12-8-6-11(2)7-9-12/h4-10H,3H2,1-2H3. The Hall–Kier alpha value is -2.22. The van der Waals surface area contributed by atoms with Crippen molar-refractivity contribution in [3.63, 3.8) is 0 Å². The summed E-state index contributed by atoms with van der Waals surface area (Å²) in [5.41, 5.74) is -0.134. The van der Waals surface area contributed by atoms with Crippen molar-refractivity contribution < 1.29 is 26.7 Å². The monoisotopic (exact) mass is 343 g/mol. The maximum atomic E-state index is 14.2. The van der Waals surface area contributed by atoms with Gasteiger partial charge in [-0.05, 0) is 38.1 Å². The minimum absolute atomic E-state index is 0.153. The van der Waals surface area contributed by atoms with Crippen LogP contribution < -0.4 is 0 Å². The summed E-state index contributed by atoms with van der Waals surface area (Å²) in [6.07, 6.45) is 0.970. The van der Waals surface area contributed by atoms with Crippen LogP contribution in [0, 0.1) is 6.92 Å². The molecule has 1 aromatic carbocycles. The van der Waals surface area contributed by atoms with Crippen LogP contribution in [0.5, 0.6) is 0 Å². The molecule has 2 rings (SSSR count). The van der Waals surface area contributed by atoms with Gasteiger partial charge in [-0.1, -0.05) is 17.7 Å². The van der Waals surface area contributed by atoms with E-state index in [0.717, 1.165) is 23.9 Å². The van der Waals surface area contributed by atoms with Crippen molar-refractivity contribution in [2.75, 3.05) is 6.61 Å². The predicted octanol–water partition coefficient (Wildman–Crippen LogP) is 2.69. The van der Waals surface area contributed by atoms with Crippen LogP contribution in [-0.2, 0) is 25.5 Å². The van der Waals surface area contributed by atoms with Crippen LogP contribution in [0.3, 0.4) is 0 Å². The molecule has 0 saturated heterocycles. The van der Waals surface area contributed by atoms with Crippen LogP contribution in [-0.4, -0.2) is 25.0 Å². The molecule has 1 aromatic heterocycles. The zero-order valence-corrected chi connectivity index (χ0v) is 13.3. The number of ether oxygens (including phenoxy) is 1. The van der Waals surface area contributed by atoms with Gasteiger partial charge in [0.05, 0.1) is 11.5 Å². The molecular weight excluding hydrogens is 328 g/mol. The van der Waals surface area contributed by atoms with Crippen molar-refractivity contribution in [3.05, 3.63) is 53.9 Å². The smallest absolute Gasteiger partial charge is 0.383 e. The van der Waals surface area contributed by atoms with Crippen molar-refractivity contribution in [3.8, 4) is 0 Å². The lowest BCUT2D eigenvalue weighted by molar-refractivity contribution is -0.173. The van der Waals surface area contributed by atoms with E-state index in [1.54, 1.807) is 19.1 Å². The van der Waals surface area contributed by atoms with E-state index in [1.165, 1.54) is 19.1 Å². The second kappa shape index (κ2) is 6.11. The van der Waals surface area contributed by atoms with Gasteiger partial charge in [-0.15, -0.1) is 0 Å². The molecule has 0 saturated carbocycles. The topological polar surface area (TPSA) is 65.4 Å². The summed E-state index contributed by atoms with van der Waals surface area (Å²) in [6.45, 7) is 2.92. The van der Waals surface area contributed by atoms with Gasteiger partial charge in [0.2, 0.25) is 0 Å². The number of halogens is 2. The van der Waals surface area contributed by atoms with Gasteiger partial charge in [0.1, 0.15) is 5.69 Å². The van der Waals surface area contributed by atoms with E-state index < -0.39 is 27.6 Å². The van der Waals surface area contributed by atoms with Gasteiger partial charge < -0.3 is 4.74 Å². The Kier molecular flexibility index (Phi) is 4.56.